The fraction of sp³-hybridized carbons (Fsp3) is 0.235. The number of nitrogens with one attached hydrogen (secondary N) is 2. The van der Waals surface area contributed by atoms with E-state index < -0.39 is 29.7 Å². The van der Waals surface area contributed by atoms with Crippen LogP contribution in [0.2, 0.25) is 0 Å². The van der Waals surface area contributed by atoms with E-state index >= 15 is 0 Å². The molecule has 3 rings (SSSR count). The quantitative estimate of drug-likeness (QED) is 0.587. The fourth-order valence-electron chi connectivity index (χ4n) is 2.44. The number of halogens is 6. The average Bonchev–Trinajstić information content (AvgIpc) is 3.06. The summed E-state index contributed by atoms with van der Waals surface area (Å²) in [7, 11) is 1.36. The second kappa shape index (κ2) is 7.26. The van der Waals surface area contributed by atoms with Gasteiger partial charge >= 0.3 is 12.4 Å². The number of nitrogens with zero attached hydrogens (tertiary/aromatic N) is 3. The molecule has 6 nitrogen and oxygen atoms in total. The smallest absolute Gasteiger partial charge is 0.433 e. The predicted octanol–water partition coefficient (Wildman–Crippen LogP) is 4.96. The van der Waals surface area contributed by atoms with Crippen LogP contribution in [-0.4, -0.2) is 27.0 Å². The molecule has 0 saturated heterocycles. The lowest BCUT2D eigenvalue weighted by Gasteiger charge is -2.14. The Morgan fingerprint density at radius 3 is 2.07 bits per heavy atom. The second-order valence-electron chi connectivity index (χ2n) is 5.91. The number of aryl methyl sites for hydroxylation is 1. The summed E-state index contributed by atoms with van der Waals surface area (Å²) in [5, 5.41) is 2.35. The number of anilines is 2. The van der Waals surface area contributed by atoms with E-state index in [4.69, 9.17) is 4.74 Å². The number of imidazole rings is 1. The Kier molecular flexibility index (Phi) is 5.11. The van der Waals surface area contributed by atoms with Crippen LogP contribution in [0.25, 0.3) is 11.4 Å². The van der Waals surface area contributed by atoms with Crippen LogP contribution in [0.3, 0.4) is 0 Å². The van der Waals surface area contributed by atoms with Gasteiger partial charge in [-0.2, -0.15) is 26.3 Å². The molecule has 2 aromatic heterocycles. The van der Waals surface area contributed by atoms with Crippen molar-refractivity contribution in [3.8, 4) is 17.1 Å². The zero-order chi connectivity index (χ0) is 21.4. The highest BCUT2D eigenvalue weighted by molar-refractivity contribution is 5.70. The fourth-order valence-corrected chi connectivity index (χ4v) is 2.44. The van der Waals surface area contributed by atoms with Gasteiger partial charge in [-0.3, -0.25) is 0 Å². The van der Waals surface area contributed by atoms with Crippen molar-refractivity contribution in [3.63, 3.8) is 0 Å². The van der Waals surface area contributed by atoms with E-state index in [9.17, 15) is 26.3 Å². The molecule has 0 fully saturated rings. The van der Waals surface area contributed by atoms with Crippen molar-refractivity contribution >= 4 is 11.6 Å². The second-order valence-corrected chi connectivity index (χ2v) is 5.91. The van der Waals surface area contributed by atoms with Crippen LogP contribution in [0.1, 0.15) is 17.1 Å². The van der Waals surface area contributed by atoms with Crippen molar-refractivity contribution in [2.75, 3.05) is 12.4 Å². The number of ether oxygens (including phenoxy) is 1. The van der Waals surface area contributed by atoms with Crippen LogP contribution in [0.5, 0.6) is 5.75 Å². The van der Waals surface area contributed by atoms with Gasteiger partial charge < -0.3 is 15.0 Å². The molecule has 2 heterocycles. The lowest BCUT2D eigenvalue weighted by molar-refractivity contribution is -0.147. The molecule has 0 atom stereocenters. The number of hydrogen-bond acceptors (Lipinski definition) is 5. The van der Waals surface area contributed by atoms with E-state index in [1.165, 1.54) is 25.3 Å². The van der Waals surface area contributed by atoms with E-state index in [2.05, 4.69) is 25.3 Å². The predicted molar refractivity (Wildman–Crippen MR) is 90.6 cm³/mol. The highest BCUT2D eigenvalue weighted by Crippen LogP contribution is 2.35. The van der Waals surface area contributed by atoms with Crippen LogP contribution < -0.4 is 10.1 Å². The van der Waals surface area contributed by atoms with Gasteiger partial charge in [-0.05, 0) is 25.1 Å². The molecule has 0 bridgehead atoms. The maximum Gasteiger partial charge on any atom is 0.433 e. The summed E-state index contributed by atoms with van der Waals surface area (Å²) in [6, 6.07) is 4.20. The van der Waals surface area contributed by atoms with Crippen LogP contribution >= 0.6 is 0 Å². The van der Waals surface area contributed by atoms with Crippen molar-refractivity contribution < 1.29 is 31.1 Å². The summed E-state index contributed by atoms with van der Waals surface area (Å²) >= 11 is 0. The number of aromatic nitrogens is 4. The van der Waals surface area contributed by atoms with E-state index in [0.717, 1.165) is 5.69 Å². The third kappa shape index (κ3) is 4.58. The zero-order valence-corrected chi connectivity index (χ0v) is 14.9. The molecular formula is C17H13F6N5O. The first-order chi connectivity index (χ1) is 13.5. The molecule has 0 spiro atoms. The van der Waals surface area contributed by atoms with Crippen molar-refractivity contribution in [1.82, 2.24) is 19.9 Å². The van der Waals surface area contributed by atoms with Gasteiger partial charge in [0.25, 0.3) is 0 Å². The van der Waals surface area contributed by atoms with Crippen molar-refractivity contribution in [2.24, 2.45) is 0 Å². The van der Waals surface area contributed by atoms with Gasteiger partial charge in [0.15, 0.2) is 11.4 Å². The molecule has 1 aromatic carbocycles. The normalized spacial score (nSPS) is 12.1. The van der Waals surface area contributed by atoms with E-state index in [-0.39, 0.29) is 17.5 Å². The third-order valence-electron chi connectivity index (χ3n) is 3.72. The molecule has 0 aliphatic carbocycles. The Bertz CT molecular complexity index is 996. The minimum absolute atomic E-state index is 0.126. The highest BCUT2D eigenvalue weighted by atomic mass is 19.4. The SMILES string of the molecule is COc1cc(Nc2nc(C(F)(F)F)cc(C(F)(F)F)n2)ccc1-c1ncc(C)[nH]1. The zero-order valence-electron chi connectivity index (χ0n) is 14.9. The van der Waals surface area contributed by atoms with Crippen molar-refractivity contribution in [1.29, 1.82) is 0 Å². The molecule has 0 aliphatic heterocycles. The number of hydrogen-bond donors (Lipinski definition) is 2. The van der Waals surface area contributed by atoms with E-state index in [0.29, 0.717) is 11.4 Å². The summed E-state index contributed by atoms with van der Waals surface area (Å²) < 4.78 is 82.8. The van der Waals surface area contributed by atoms with Gasteiger partial charge in [0, 0.05) is 23.6 Å². The molecule has 0 amide bonds. The Hall–Kier alpha value is -3.31. The number of alkyl halides is 6. The van der Waals surface area contributed by atoms with Crippen molar-refractivity contribution in [2.45, 2.75) is 19.3 Å². The van der Waals surface area contributed by atoms with Crippen molar-refractivity contribution in [3.05, 3.63) is 47.5 Å². The summed E-state index contributed by atoms with van der Waals surface area (Å²) in [5.41, 5.74) is -1.95. The lowest BCUT2D eigenvalue weighted by Crippen LogP contribution is -2.16. The Balaban J connectivity index is 1.99. The molecule has 0 radical (unpaired) electrons. The van der Waals surface area contributed by atoms with Crippen LogP contribution in [0, 0.1) is 6.92 Å². The third-order valence-corrected chi connectivity index (χ3v) is 3.72. The molecular weight excluding hydrogens is 404 g/mol. The first kappa shape index (κ1) is 20.4. The molecule has 0 unspecified atom stereocenters. The van der Waals surface area contributed by atoms with Crippen LogP contribution in [0.15, 0.2) is 30.5 Å². The summed E-state index contributed by atoms with van der Waals surface area (Å²) in [6.07, 6.45) is -8.55. The van der Waals surface area contributed by atoms with Gasteiger partial charge in [-0.15, -0.1) is 0 Å². The maximum absolute atomic E-state index is 12.9. The average molecular weight is 417 g/mol. The first-order valence-corrected chi connectivity index (χ1v) is 7.98. The molecule has 2 N–H and O–H groups in total. The molecule has 3 aromatic rings. The summed E-state index contributed by atoms with van der Waals surface area (Å²) in [6.45, 7) is 1.79. The number of aromatic amines is 1. The van der Waals surface area contributed by atoms with E-state index in [1.54, 1.807) is 13.1 Å². The Labute approximate surface area is 160 Å². The van der Waals surface area contributed by atoms with Gasteiger partial charge in [0.1, 0.15) is 11.6 Å². The van der Waals surface area contributed by atoms with Gasteiger partial charge in [-0.25, -0.2) is 15.0 Å². The lowest BCUT2D eigenvalue weighted by atomic mass is 10.1. The summed E-state index contributed by atoms with van der Waals surface area (Å²) in [5.74, 6) is -0.0799. The largest absolute Gasteiger partial charge is 0.496 e. The molecule has 12 heteroatoms. The minimum Gasteiger partial charge on any atom is -0.496 e. The Morgan fingerprint density at radius 1 is 0.966 bits per heavy atom. The van der Waals surface area contributed by atoms with Gasteiger partial charge in [0.05, 0.1) is 12.7 Å². The summed E-state index contributed by atoms with van der Waals surface area (Å²) in [4.78, 5) is 13.4. The highest BCUT2D eigenvalue weighted by Gasteiger charge is 2.39. The topological polar surface area (TPSA) is 75.7 Å². The number of methoxy groups -OCH3 is 1. The molecule has 154 valence electrons. The van der Waals surface area contributed by atoms with Gasteiger partial charge in [-0.1, -0.05) is 0 Å². The molecule has 29 heavy (non-hydrogen) atoms. The van der Waals surface area contributed by atoms with E-state index in [1.807, 2.05) is 0 Å². The van der Waals surface area contributed by atoms with Crippen LogP contribution in [0.4, 0.5) is 38.0 Å². The van der Waals surface area contributed by atoms with Crippen LogP contribution in [-0.2, 0) is 12.4 Å². The number of rotatable bonds is 4. The van der Waals surface area contributed by atoms with Gasteiger partial charge in [0.2, 0.25) is 5.95 Å². The Morgan fingerprint density at radius 2 is 1.59 bits per heavy atom. The maximum atomic E-state index is 12.9. The molecule has 0 saturated carbocycles. The first-order valence-electron chi connectivity index (χ1n) is 7.98. The molecule has 0 aliphatic rings. The standard InChI is InChI=1S/C17H13F6N5O/c1-8-7-24-14(25-8)10-4-3-9(5-11(10)29-2)26-15-27-12(16(18,19)20)6-13(28-15)17(21,22)23/h3-7H,1-2H3,(H,24,25)(H,26,27,28). The minimum atomic E-state index is -5.07. The monoisotopic (exact) mass is 417 g/mol. The number of benzene rings is 1. The number of H-pyrrole nitrogens is 1.